The fourth-order valence-electron chi connectivity index (χ4n) is 1.45. The van der Waals surface area contributed by atoms with Crippen LogP contribution in [0.15, 0.2) is 0 Å². The van der Waals surface area contributed by atoms with Gasteiger partial charge in [0.05, 0.1) is 5.60 Å². The second kappa shape index (κ2) is 8.78. The van der Waals surface area contributed by atoms with Gasteiger partial charge in [-0.3, -0.25) is 0 Å². The van der Waals surface area contributed by atoms with Crippen LogP contribution >= 0.6 is 0 Å². The lowest BCUT2D eigenvalue weighted by atomic mass is 9.97. The number of methoxy groups -OCH3 is 1. The Bertz CT molecular complexity index is 189. The van der Waals surface area contributed by atoms with Crippen molar-refractivity contribution >= 4 is 0 Å². The minimum Gasteiger partial charge on any atom is -0.379 e. The summed E-state index contributed by atoms with van der Waals surface area (Å²) >= 11 is 0. The van der Waals surface area contributed by atoms with Crippen LogP contribution in [0.3, 0.4) is 0 Å². The average molecular weight is 253 g/mol. The van der Waals surface area contributed by atoms with Gasteiger partial charge in [-0.05, 0) is 40.2 Å². The first-order chi connectivity index (χ1) is 7.91. The number of hydrogen-bond acceptors (Lipinski definition) is 3. The maximum Gasteiger partial charge on any atom is 0.261 e. The lowest BCUT2D eigenvalue weighted by Crippen LogP contribution is -2.31. The number of ether oxygens (including phenoxy) is 2. The lowest BCUT2D eigenvalue weighted by molar-refractivity contribution is 0.00532. The largest absolute Gasteiger partial charge is 0.379 e. The number of alkyl halides is 2. The first-order valence-corrected chi connectivity index (χ1v) is 5.99. The topological polar surface area (TPSA) is 30.5 Å². The zero-order valence-electron chi connectivity index (χ0n) is 11.3. The predicted molar refractivity (Wildman–Crippen MR) is 64.6 cm³/mol. The van der Waals surface area contributed by atoms with Gasteiger partial charge in [0.15, 0.2) is 0 Å². The highest BCUT2D eigenvalue weighted by Gasteiger charge is 2.18. The van der Waals surface area contributed by atoms with Gasteiger partial charge in [0.2, 0.25) is 0 Å². The van der Waals surface area contributed by atoms with Crippen molar-refractivity contribution in [1.82, 2.24) is 5.32 Å². The van der Waals surface area contributed by atoms with Crippen molar-refractivity contribution in [2.75, 3.05) is 27.4 Å². The van der Waals surface area contributed by atoms with Crippen molar-refractivity contribution in [3.8, 4) is 0 Å². The van der Waals surface area contributed by atoms with Crippen molar-refractivity contribution in [1.29, 1.82) is 0 Å². The van der Waals surface area contributed by atoms with Crippen LogP contribution in [0.2, 0.25) is 0 Å². The molecule has 0 aliphatic rings. The third-order valence-electron chi connectivity index (χ3n) is 2.91. The number of rotatable bonds is 10. The van der Waals surface area contributed by atoms with Crippen molar-refractivity contribution in [3.05, 3.63) is 0 Å². The third-order valence-corrected chi connectivity index (χ3v) is 2.91. The van der Waals surface area contributed by atoms with Gasteiger partial charge < -0.3 is 14.8 Å². The van der Waals surface area contributed by atoms with Gasteiger partial charge in [-0.15, -0.1) is 0 Å². The molecule has 0 rings (SSSR count). The highest BCUT2D eigenvalue weighted by molar-refractivity contribution is 4.73. The Morgan fingerprint density at radius 2 is 1.88 bits per heavy atom. The smallest absolute Gasteiger partial charge is 0.261 e. The summed E-state index contributed by atoms with van der Waals surface area (Å²) in [6, 6.07) is 0.280. The van der Waals surface area contributed by atoms with Crippen LogP contribution in [0.5, 0.6) is 0 Å². The molecule has 17 heavy (non-hydrogen) atoms. The number of hydrogen-bond donors (Lipinski definition) is 1. The zero-order chi connectivity index (χ0) is 13.3. The second-order valence-corrected chi connectivity index (χ2v) is 4.74. The molecule has 0 amide bonds. The molecule has 3 nitrogen and oxygen atoms in total. The van der Waals surface area contributed by atoms with Gasteiger partial charge in [-0.1, -0.05) is 0 Å². The van der Waals surface area contributed by atoms with Gasteiger partial charge in [0.25, 0.3) is 6.43 Å². The van der Waals surface area contributed by atoms with Gasteiger partial charge in [0, 0.05) is 19.8 Å². The van der Waals surface area contributed by atoms with Crippen LogP contribution in [0.4, 0.5) is 8.78 Å². The van der Waals surface area contributed by atoms with Gasteiger partial charge >= 0.3 is 0 Å². The second-order valence-electron chi connectivity index (χ2n) is 4.74. The van der Waals surface area contributed by atoms with E-state index < -0.39 is 13.0 Å². The van der Waals surface area contributed by atoms with Crippen molar-refractivity contribution in [2.24, 2.45) is 0 Å². The van der Waals surface area contributed by atoms with Gasteiger partial charge in [-0.2, -0.15) is 0 Å². The van der Waals surface area contributed by atoms with E-state index in [1.165, 1.54) is 0 Å². The van der Waals surface area contributed by atoms with E-state index in [2.05, 4.69) is 5.32 Å². The van der Waals surface area contributed by atoms with E-state index in [0.29, 0.717) is 6.61 Å². The summed E-state index contributed by atoms with van der Waals surface area (Å²) in [7, 11) is 3.57. The molecule has 0 aromatic rings. The molecule has 0 bridgehead atoms. The van der Waals surface area contributed by atoms with Gasteiger partial charge in [0.1, 0.15) is 6.61 Å². The maximum absolute atomic E-state index is 11.8. The Morgan fingerprint density at radius 1 is 1.24 bits per heavy atom. The Labute approximate surface area is 103 Å². The zero-order valence-corrected chi connectivity index (χ0v) is 11.3. The molecular weight excluding hydrogens is 228 g/mol. The Kier molecular flexibility index (Phi) is 8.64. The predicted octanol–water partition coefficient (Wildman–Crippen LogP) is 2.45. The standard InChI is InChI=1S/C12H25F2NO2/c1-12(2,16-4)7-5-10(15-3)6-8-17-9-11(13)14/h10-11,15H,5-9H2,1-4H3. The summed E-state index contributed by atoms with van der Waals surface area (Å²) < 4.78 is 33.9. The molecule has 104 valence electrons. The fraction of sp³-hybridized carbons (Fsp3) is 1.00. The summed E-state index contributed by atoms with van der Waals surface area (Å²) in [5.74, 6) is 0. The normalized spacial score (nSPS) is 14.3. The molecule has 5 heteroatoms. The molecule has 1 atom stereocenters. The molecule has 0 aliphatic carbocycles. The molecule has 1 N–H and O–H groups in total. The monoisotopic (exact) mass is 253 g/mol. The Balaban J connectivity index is 3.70. The lowest BCUT2D eigenvalue weighted by Gasteiger charge is -2.25. The molecule has 0 heterocycles. The molecule has 0 aliphatic heterocycles. The first-order valence-electron chi connectivity index (χ1n) is 5.99. The molecule has 0 aromatic heterocycles. The molecule has 0 saturated carbocycles. The third kappa shape index (κ3) is 9.44. The van der Waals surface area contributed by atoms with Crippen molar-refractivity contribution in [2.45, 2.75) is 51.2 Å². The van der Waals surface area contributed by atoms with Crippen LogP contribution in [0, 0.1) is 0 Å². The van der Waals surface area contributed by atoms with Crippen LogP contribution in [0.1, 0.15) is 33.1 Å². The highest BCUT2D eigenvalue weighted by Crippen LogP contribution is 2.17. The first kappa shape index (κ1) is 16.7. The summed E-state index contributed by atoms with van der Waals surface area (Å²) in [5, 5.41) is 3.16. The molecule has 0 radical (unpaired) electrons. The SMILES string of the molecule is CNC(CCOCC(F)F)CCC(C)(C)OC. The average Bonchev–Trinajstić information content (AvgIpc) is 2.28. The van der Waals surface area contributed by atoms with Crippen LogP contribution in [-0.4, -0.2) is 45.4 Å². The van der Waals surface area contributed by atoms with Gasteiger partial charge in [-0.25, -0.2) is 8.78 Å². The van der Waals surface area contributed by atoms with E-state index in [9.17, 15) is 8.78 Å². The Hall–Kier alpha value is -0.260. The number of halogens is 2. The summed E-state index contributed by atoms with van der Waals surface area (Å²) in [6.07, 6.45) is 0.220. The van der Waals surface area contributed by atoms with E-state index in [4.69, 9.17) is 9.47 Å². The van der Waals surface area contributed by atoms with Crippen molar-refractivity contribution < 1.29 is 18.3 Å². The highest BCUT2D eigenvalue weighted by atomic mass is 19.3. The van der Waals surface area contributed by atoms with E-state index in [0.717, 1.165) is 19.3 Å². The minimum absolute atomic E-state index is 0.140. The van der Waals surface area contributed by atoms with E-state index in [1.807, 2.05) is 20.9 Å². The molecule has 0 aromatic carbocycles. The minimum atomic E-state index is -2.38. The molecular formula is C12H25F2NO2. The van der Waals surface area contributed by atoms with E-state index >= 15 is 0 Å². The molecule has 0 spiro atoms. The summed E-state index contributed by atoms with van der Waals surface area (Å²) in [4.78, 5) is 0. The maximum atomic E-state index is 11.8. The van der Waals surface area contributed by atoms with Crippen molar-refractivity contribution in [3.63, 3.8) is 0 Å². The van der Waals surface area contributed by atoms with Crippen LogP contribution in [-0.2, 0) is 9.47 Å². The quantitative estimate of drug-likeness (QED) is 0.607. The fourth-order valence-corrected chi connectivity index (χ4v) is 1.45. The Morgan fingerprint density at radius 3 is 2.35 bits per heavy atom. The van der Waals surface area contributed by atoms with E-state index in [-0.39, 0.29) is 11.6 Å². The molecule has 0 fully saturated rings. The van der Waals surface area contributed by atoms with Crippen LogP contribution in [0.25, 0.3) is 0 Å². The number of nitrogens with one attached hydrogen (secondary N) is 1. The van der Waals surface area contributed by atoms with E-state index in [1.54, 1.807) is 7.11 Å². The molecule has 0 saturated heterocycles. The summed E-state index contributed by atoms with van der Waals surface area (Å²) in [5.41, 5.74) is -0.140. The summed E-state index contributed by atoms with van der Waals surface area (Å²) in [6.45, 7) is 3.96. The molecule has 1 unspecified atom stereocenters. The van der Waals surface area contributed by atoms with Crippen LogP contribution < -0.4 is 5.32 Å².